The molecule has 1 aromatic carbocycles. The number of carboxylic acid groups (broad SMARTS) is 1. The maximum Gasteiger partial charge on any atom is 0.352 e. The lowest BCUT2D eigenvalue weighted by Crippen LogP contribution is -2.05. The van der Waals surface area contributed by atoms with Crippen LogP contribution in [-0.4, -0.2) is 22.8 Å². The topological polar surface area (TPSA) is 51.5 Å². The van der Waals surface area contributed by atoms with Gasteiger partial charge in [0.1, 0.15) is 11.4 Å². The van der Waals surface area contributed by atoms with Crippen molar-refractivity contribution in [3.05, 3.63) is 40.5 Å². The highest BCUT2D eigenvalue weighted by Crippen LogP contribution is 2.31. The highest BCUT2D eigenvalue weighted by molar-refractivity contribution is 9.10. The summed E-state index contributed by atoms with van der Waals surface area (Å²) in [6.45, 7) is 0. The maximum absolute atomic E-state index is 11.0. The molecule has 4 nitrogen and oxygen atoms in total. The monoisotopic (exact) mass is 309 g/mol. The van der Waals surface area contributed by atoms with Gasteiger partial charge in [-0.3, -0.25) is 0 Å². The maximum atomic E-state index is 11.0. The Labute approximate surface area is 113 Å². The molecule has 0 saturated heterocycles. The van der Waals surface area contributed by atoms with Crippen molar-refractivity contribution in [3.63, 3.8) is 0 Å². The first kappa shape index (κ1) is 12.7. The molecule has 1 aromatic heterocycles. The summed E-state index contributed by atoms with van der Waals surface area (Å²) in [5.41, 5.74) is 2.00. The number of aromatic carboxylic acids is 1. The van der Waals surface area contributed by atoms with E-state index in [2.05, 4.69) is 15.9 Å². The molecule has 0 amide bonds. The molecule has 0 aliphatic carbocycles. The number of halogens is 1. The molecule has 94 valence electrons. The van der Waals surface area contributed by atoms with E-state index in [1.165, 1.54) is 0 Å². The summed E-state index contributed by atoms with van der Waals surface area (Å²) in [5, 5.41) is 9.02. The van der Waals surface area contributed by atoms with Crippen LogP contribution in [0.3, 0.4) is 0 Å². The van der Waals surface area contributed by atoms with E-state index in [0.29, 0.717) is 5.75 Å². The second kappa shape index (κ2) is 4.86. The number of aromatic nitrogens is 1. The number of methoxy groups -OCH3 is 1. The molecule has 1 N–H and O–H groups in total. The van der Waals surface area contributed by atoms with Crippen LogP contribution < -0.4 is 4.74 Å². The third-order valence-corrected chi connectivity index (χ3v) is 3.44. The van der Waals surface area contributed by atoms with Gasteiger partial charge in [0, 0.05) is 18.3 Å². The minimum absolute atomic E-state index is 0.256. The number of nitrogens with zero attached hydrogens (tertiary/aromatic N) is 1. The second-order valence-electron chi connectivity index (χ2n) is 3.82. The first-order valence-electron chi connectivity index (χ1n) is 5.27. The van der Waals surface area contributed by atoms with Crippen molar-refractivity contribution in [3.8, 4) is 17.0 Å². The largest absolute Gasteiger partial charge is 0.496 e. The van der Waals surface area contributed by atoms with Gasteiger partial charge in [-0.2, -0.15) is 0 Å². The van der Waals surface area contributed by atoms with Gasteiger partial charge < -0.3 is 14.4 Å². The first-order valence-corrected chi connectivity index (χ1v) is 6.07. The van der Waals surface area contributed by atoms with Crippen molar-refractivity contribution >= 4 is 21.9 Å². The number of hydrogen-bond donors (Lipinski definition) is 1. The molecule has 0 saturated carbocycles. The molecule has 0 spiro atoms. The average molecular weight is 310 g/mol. The third kappa shape index (κ3) is 2.13. The number of benzene rings is 1. The Balaban J connectivity index is 2.52. The van der Waals surface area contributed by atoms with Crippen molar-refractivity contribution in [1.82, 2.24) is 4.57 Å². The van der Waals surface area contributed by atoms with Crippen LogP contribution >= 0.6 is 15.9 Å². The van der Waals surface area contributed by atoms with Gasteiger partial charge in [-0.25, -0.2) is 4.79 Å². The number of carboxylic acids is 1. The standard InChI is InChI=1S/C13H12BrNO3/c1-15-10(5-6-11(15)13(16)17)8-3-4-9(14)12(7-8)18-2/h3-7H,1-2H3,(H,16,17). The van der Waals surface area contributed by atoms with Crippen LogP contribution in [0.15, 0.2) is 34.8 Å². The number of hydrogen-bond acceptors (Lipinski definition) is 2. The molecule has 0 aliphatic heterocycles. The van der Waals surface area contributed by atoms with Crippen molar-refractivity contribution in [2.45, 2.75) is 0 Å². The molecule has 2 aromatic rings. The molecule has 0 unspecified atom stereocenters. The van der Waals surface area contributed by atoms with E-state index >= 15 is 0 Å². The van der Waals surface area contributed by atoms with Crippen molar-refractivity contribution in [1.29, 1.82) is 0 Å². The summed E-state index contributed by atoms with van der Waals surface area (Å²) in [4.78, 5) is 11.0. The zero-order valence-corrected chi connectivity index (χ0v) is 11.6. The molecule has 0 aliphatic rings. The van der Waals surface area contributed by atoms with E-state index in [0.717, 1.165) is 15.7 Å². The molecule has 0 radical (unpaired) electrons. The van der Waals surface area contributed by atoms with E-state index in [9.17, 15) is 4.79 Å². The molecule has 0 bridgehead atoms. The Morgan fingerprint density at radius 1 is 1.33 bits per heavy atom. The predicted octanol–water partition coefficient (Wildman–Crippen LogP) is 3.16. The fourth-order valence-electron chi connectivity index (χ4n) is 1.83. The van der Waals surface area contributed by atoms with Crippen molar-refractivity contribution in [2.24, 2.45) is 7.05 Å². The highest BCUT2D eigenvalue weighted by Gasteiger charge is 2.13. The number of carbonyl (C=O) groups is 1. The Kier molecular flexibility index (Phi) is 3.43. The SMILES string of the molecule is COc1cc(-c2ccc(C(=O)O)n2C)ccc1Br. The summed E-state index contributed by atoms with van der Waals surface area (Å²) in [6, 6.07) is 9.03. The van der Waals surface area contributed by atoms with E-state index in [-0.39, 0.29) is 5.69 Å². The second-order valence-corrected chi connectivity index (χ2v) is 4.67. The zero-order chi connectivity index (χ0) is 13.3. The Morgan fingerprint density at radius 2 is 2.06 bits per heavy atom. The van der Waals surface area contributed by atoms with Gasteiger partial charge in [-0.15, -0.1) is 0 Å². The van der Waals surface area contributed by atoms with Gasteiger partial charge in [0.2, 0.25) is 0 Å². The van der Waals surface area contributed by atoms with Gasteiger partial charge in [0.05, 0.1) is 11.6 Å². The van der Waals surface area contributed by atoms with Crippen LogP contribution in [0.4, 0.5) is 0 Å². The van der Waals surface area contributed by atoms with Crippen LogP contribution in [-0.2, 0) is 7.05 Å². The van der Waals surface area contributed by atoms with Gasteiger partial charge >= 0.3 is 5.97 Å². The fourth-order valence-corrected chi connectivity index (χ4v) is 2.24. The van der Waals surface area contributed by atoms with Crippen LogP contribution in [0.5, 0.6) is 5.75 Å². The normalized spacial score (nSPS) is 10.4. The first-order chi connectivity index (χ1) is 8.54. The van der Waals surface area contributed by atoms with Crippen LogP contribution in [0.25, 0.3) is 11.3 Å². The van der Waals surface area contributed by atoms with E-state index in [1.54, 1.807) is 30.9 Å². The molecule has 2 rings (SSSR count). The lowest BCUT2D eigenvalue weighted by atomic mass is 10.1. The van der Waals surface area contributed by atoms with Crippen molar-refractivity contribution in [2.75, 3.05) is 7.11 Å². The van der Waals surface area contributed by atoms with Crippen LogP contribution in [0.2, 0.25) is 0 Å². The molecule has 0 atom stereocenters. The van der Waals surface area contributed by atoms with E-state index in [4.69, 9.17) is 9.84 Å². The number of ether oxygens (including phenoxy) is 1. The fraction of sp³-hybridized carbons (Fsp3) is 0.154. The summed E-state index contributed by atoms with van der Waals surface area (Å²) in [5.74, 6) is -0.224. The summed E-state index contributed by atoms with van der Waals surface area (Å²) >= 11 is 3.38. The summed E-state index contributed by atoms with van der Waals surface area (Å²) in [7, 11) is 3.32. The minimum atomic E-state index is -0.937. The molecule has 18 heavy (non-hydrogen) atoms. The lowest BCUT2D eigenvalue weighted by Gasteiger charge is -2.08. The van der Waals surface area contributed by atoms with Gasteiger partial charge in [-0.1, -0.05) is 6.07 Å². The van der Waals surface area contributed by atoms with E-state index in [1.807, 2.05) is 18.2 Å². The minimum Gasteiger partial charge on any atom is -0.496 e. The van der Waals surface area contributed by atoms with Gasteiger partial charge in [-0.05, 0) is 40.2 Å². The quantitative estimate of drug-likeness (QED) is 0.947. The van der Waals surface area contributed by atoms with Crippen molar-refractivity contribution < 1.29 is 14.6 Å². The smallest absolute Gasteiger partial charge is 0.352 e. The highest BCUT2D eigenvalue weighted by atomic mass is 79.9. The molecular weight excluding hydrogens is 298 g/mol. The van der Waals surface area contributed by atoms with Crippen LogP contribution in [0.1, 0.15) is 10.5 Å². The van der Waals surface area contributed by atoms with Gasteiger partial charge in [0.25, 0.3) is 0 Å². The Hall–Kier alpha value is -1.75. The van der Waals surface area contributed by atoms with Gasteiger partial charge in [0.15, 0.2) is 0 Å². The average Bonchev–Trinajstić information content (AvgIpc) is 2.72. The number of rotatable bonds is 3. The molecular formula is C13H12BrNO3. The summed E-state index contributed by atoms with van der Waals surface area (Å²) in [6.07, 6.45) is 0. The van der Waals surface area contributed by atoms with Crippen LogP contribution in [0, 0.1) is 0 Å². The Morgan fingerprint density at radius 3 is 2.61 bits per heavy atom. The Bertz CT molecular complexity index is 604. The summed E-state index contributed by atoms with van der Waals surface area (Å²) < 4.78 is 7.74. The lowest BCUT2D eigenvalue weighted by molar-refractivity contribution is 0.0687. The molecule has 0 fully saturated rings. The molecule has 1 heterocycles. The molecule has 5 heteroatoms. The third-order valence-electron chi connectivity index (χ3n) is 2.79. The predicted molar refractivity (Wildman–Crippen MR) is 72.1 cm³/mol. The zero-order valence-electron chi connectivity index (χ0n) is 9.98. The van der Waals surface area contributed by atoms with E-state index < -0.39 is 5.97 Å².